The maximum atomic E-state index is 12.4. The van der Waals surface area contributed by atoms with E-state index in [4.69, 9.17) is 24.4 Å². The van der Waals surface area contributed by atoms with Crippen LogP contribution in [0.5, 0.6) is 0 Å². The van der Waals surface area contributed by atoms with E-state index >= 15 is 0 Å². The molecule has 3 saturated heterocycles. The summed E-state index contributed by atoms with van der Waals surface area (Å²) in [6.07, 6.45) is 3.48. The van der Waals surface area contributed by atoms with E-state index in [-0.39, 0.29) is 11.7 Å². The molecule has 6 heterocycles. The minimum absolute atomic E-state index is 0.103. The van der Waals surface area contributed by atoms with Crippen molar-refractivity contribution in [2.75, 3.05) is 67.7 Å². The number of hydrogen-bond acceptors (Lipinski definition) is 9. The van der Waals surface area contributed by atoms with E-state index in [0.717, 1.165) is 64.3 Å². The Labute approximate surface area is 192 Å². The summed E-state index contributed by atoms with van der Waals surface area (Å²) in [5, 5.41) is 3.40. The lowest BCUT2D eigenvalue weighted by Gasteiger charge is -2.42. The average Bonchev–Trinajstić information content (AvgIpc) is 3.38. The first-order chi connectivity index (χ1) is 16.2. The minimum Gasteiger partial charge on any atom is -0.378 e. The molecule has 2 aromatic heterocycles. The summed E-state index contributed by atoms with van der Waals surface area (Å²) in [4.78, 5) is 31.3. The lowest BCUT2D eigenvalue weighted by molar-refractivity contribution is 0.120. The van der Waals surface area contributed by atoms with Gasteiger partial charge in [0.05, 0.1) is 19.3 Å². The van der Waals surface area contributed by atoms with Crippen LogP contribution in [0.2, 0.25) is 0 Å². The van der Waals surface area contributed by atoms with Gasteiger partial charge in [-0.15, -0.1) is 0 Å². The molecular weight excluding hydrogens is 422 g/mol. The van der Waals surface area contributed by atoms with Crippen LogP contribution in [0.4, 0.5) is 17.8 Å². The van der Waals surface area contributed by atoms with E-state index in [1.807, 2.05) is 10.6 Å². The summed E-state index contributed by atoms with van der Waals surface area (Å²) < 4.78 is 13.2. The average molecular weight is 454 g/mol. The molecule has 176 valence electrons. The summed E-state index contributed by atoms with van der Waals surface area (Å²) in [6.45, 7) is 6.84. The quantitative estimate of drug-likeness (QED) is 0.713. The Morgan fingerprint density at radius 3 is 2.67 bits per heavy atom. The van der Waals surface area contributed by atoms with E-state index in [9.17, 15) is 4.79 Å². The van der Waals surface area contributed by atoms with Crippen molar-refractivity contribution in [3.05, 3.63) is 34.2 Å². The molecule has 33 heavy (non-hydrogen) atoms. The minimum atomic E-state index is 0.103. The Kier molecular flexibility index (Phi) is 5.63. The first-order valence-electron chi connectivity index (χ1n) is 12.1. The van der Waals surface area contributed by atoms with Crippen molar-refractivity contribution >= 4 is 17.8 Å². The van der Waals surface area contributed by atoms with Gasteiger partial charge in [-0.2, -0.15) is 15.0 Å². The van der Waals surface area contributed by atoms with E-state index in [1.54, 1.807) is 6.07 Å². The van der Waals surface area contributed by atoms with Gasteiger partial charge in [0.15, 0.2) is 0 Å². The van der Waals surface area contributed by atoms with Crippen LogP contribution in [0.1, 0.15) is 30.9 Å². The van der Waals surface area contributed by atoms with Gasteiger partial charge in [-0.3, -0.25) is 4.79 Å². The van der Waals surface area contributed by atoms with Gasteiger partial charge in [0.25, 0.3) is 5.56 Å². The molecule has 6 rings (SSSR count). The molecule has 1 N–H and O–H groups in total. The SMILES string of the molecule is O=c1cccc2n1C[C@@H]1C[C@@H]2CN(c2nc(NC[C@@H]3CCCO3)nc(N3CCOCC3)n2)C1. The van der Waals surface area contributed by atoms with Crippen LogP contribution >= 0.6 is 0 Å². The number of piperidine rings is 1. The molecule has 3 fully saturated rings. The Morgan fingerprint density at radius 2 is 1.85 bits per heavy atom. The lowest BCUT2D eigenvalue weighted by atomic mass is 9.83. The van der Waals surface area contributed by atoms with Crippen molar-refractivity contribution in [3.8, 4) is 0 Å². The molecule has 0 aliphatic carbocycles. The molecule has 2 bridgehead atoms. The Balaban J connectivity index is 1.28. The van der Waals surface area contributed by atoms with Crippen LogP contribution in [0.15, 0.2) is 23.0 Å². The molecule has 2 aromatic rings. The fourth-order valence-electron chi connectivity index (χ4n) is 5.55. The third-order valence-electron chi connectivity index (χ3n) is 7.18. The van der Waals surface area contributed by atoms with Crippen LogP contribution in [0.25, 0.3) is 0 Å². The van der Waals surface area contributed by atoms with Crippen LogP contribution in [-0.2, 0) is 16.0 Å². The molecule has 10 nitrogen and oxygen atoms in total. The van der Waals surface area contributed by atoms with Crippen LogP contribution in [0.3, 0.4) is 0 Å². The zero-order valence-corrected chi connectivity index (χ0v) is 18.9. The molecule has 0 spiro atoms. The number of anilines is 3. The van der Waals surface area contributed by atoms with Gasteiger partial charge in [0, 0.05) is 63.6 Å². The van der Waals surface area contributed by atoms with Gasteiger partial charge in [-0.1, -0.05) is 6.07 Å². The Bertz CT molecular complexity index is 1050. The highest BCUT2D eigenvalue weighted by molar-refractivity contribution is 5.46. The van der Waals surface area contributed by atoms with Gasteiger partial charge >= 0.3 is 0 Å². The van der Waals surface area contributed by atoms with Crippen molar-refractivity contribution in [1.82, 2.24) is 19.5 Å². The first kappa shape index (κ1) is 20.9. The second kappa shape index (κ2) is 8.90. The van der Waals surface area contributed by atoms with E-state index in [1.165, 1.54) is 0 Å². The molecule has 0 amide bonds. The van der Waals surface area contributed by atoms with E-state index in [2.05, 4.69) is 21.2 Å². The summed E-state index contributed by atoms with van der Waals surface area (Å²) in [6, 6.07) is 5.63. The van der Waals surface area contributed by atoms with Gasteiger partial charge in [0.1, 0.15) is 0 Å². The van der Waals surface area contributed by atoms with Gasteiger partial charge in [-0.25, -0.2) is 0 Å². The number of morpholine rings is 1. The van der Waals surface area contributed by atoms with Gasteiger partial charge < -0.3 is 29.2 Å². The normalized spacial score (nSPS) is 26.8. The lowest BCUT2D eigenvalue weighted by Crippen LogP contribution is -2.48. The number of ether oxygens (including phenoxy) is 2. The number of pyridine rings is 1. The second-order valence-electron chi connectivity index (χ2n) is 9.48. The fourth-order valence-corrected chi connectivity index (χ4v) is 5.55. The van der Waals surface area contributed by atoms with Crippen molar-refractivity contribution < 1.29 is 9.47 Å². The highest BCUT2D eigenvalue weighted by atomic mass is 16.5. The van der Waals surface area contributed by atoms with Crippen LogP contribution < -0.4 is 20.7 Å². The molecule has 0 unspecified atom stereocenters. The first-order valence-corrected chi connectivity index (χ1v) is 12.1. The maximum absolute atomic E-state index is 12.4. The zero-order valence-electron chi connectivity index (χ0n) is 18.9. The molecule has 4 aliphatic rings. The fraction of sp³-hybridized carbons (Fsp3) is 0.652. The number of nitrogens with one attached hydrogen (secondary N) is 1. The van der Waals surface area contributed by atoms with Crippen molar-refractivity contribution in [2.24, 2.45) is 5.92 Å². The van der Waals surface area contributed by atoms with Crippen molar-refractivity contribution in [3.63, 3.8) is 0 Å². The largest absolute Gasteiger partial charge is 0.378 e. The summed E-state index contributed by atoms with van der Waals surface area (Å²) >= 11 is 0. The molecule has 0 saturated carbocycles. The van der Waals surface area contributed by atoms with Crippen LogP contribution in [0, 0.1) is 5.92 Å². The Morgan fingerprint density at radius 1 is 1.00 bits per heavy atom. The molecule has 0 radical (unpaired) electrons. The maximum Gasteiger partial charge on any atom is 0.250 e. The smallest absolute Gasteiger partial charge is 0.250 e. The highest BCUT2D eigenvalue weighted by Gasteiger charge is 2.36. The number of nitrogens with zero attached hydrogens (tertiary/aromatic N) is 6. The number of aromatic nitrogens is 4. The summed E-state index contributed by atoms with van der Waals surface area (Å²) in [5.74, 6) is 2.72. The molecular formula is C23H31N7O3. The molecule has 0 aromatic carbocycles. The summed E-state index contributed by atoms with van der Waals surface area (Å²) in [5.41, 5.74) is 1.23. The predicted octanol–water partition coefficient (Wildman–Crippen LogP) is 1.08. The molecule has 4 aliphatic heterocycles. The van der Waals surface area contributed by atoms with Crippen molar-refractivity contribution in [1.29, 1.82) is 0 Å². The standard InChI is InChI=1S/C23H31N7O3/c31-20-5-1-4-19-17-11-16(14-30(19)20)13-29(15-17)23-26-21(24-12-18-3-2-8-33-18)25-22(27-23)28-6-9-32-10-7-28/h1,4-5,16-18H,2-3,6-15H2,(H,24,25,26,27)/t16-,17-,18+/m1/s1. The second-order valence-corrected chi connectivity index (χ2v) is 9.48. The topological polar surface area (TPSA) is 97.6 Å². The number of hydrogen-bond donors (Lipinski definition) is 1. The Hall–Kier alpha value is -2.72. The van der Waals surface area contributed by atoms with Crippen molar-refractivity contribution in [2.45, 2.75) is 37.8 Å². The zero-order chi connectivity index (χ0) is 22.2. The highest BCUT2D eigenvalue weighted by Crippen LogP contribution is 2.36. The number of rotatable bonds is 5. The summed E-state index contributed by atoms with van der Waals surface area (Å²) in [7, 11) is 0. The van der Waals surface area contributed by atoms with E-state index < -0.39 is 0 Å². The van der Waals surface area contributed by atoms with Gasteiger partial charge in [-0.05, 0) is 31.2 Å². The molecule has 10 heteroatoms. The number of fused-ring (bicyclic) bond motifs is 4. The third kappa shape index (κ3) is 4.29. The third-order valence-corrected chi connectivity index (χ3v) is 7.18. The van der Waals surface area contributed by atoms with Gasteiger partial charge in [0.2, 0.25) is 17.8 Å². The van der Waals surface area contributed by atoms with Crippen LogP contribution in [-0.4, -0.2) is 78.2 Å². The monoisotopic (exact) mass is 453 g/mol. The molecule has 3 atom stereocenters. The predicted molar refractivity (Wildman–Crippen MR) is 124 cm³/mol. The van der Waals surface area contributed by atoms with E-state index in [0.29, 0.717) is 49.4 Å².